The van der Waals surface area contributed by atoms with Gasteiger partial charge in [0.2, 0.25) is 5.95 Å². The summed E-state index contributed by atoms with van der Waals surface area (Å²) < 4.78 is 7.01. The lowest BCUT2D eigenvalue weighted by molar-refractivity contribution is 0.122. The van der Waals surface area contributed by atoms with Crippen LogP contribution in [0.4, 0.5) is 5.95 Å². The number of anilines is 1. The summed E-state index contributed by atoms with van der Waals surface area (Å²) in [6.45, 7) is 6.95. The number of pyridine rings is 1. The second kappa shape index (κ2) is 6.29. The van der Waals surface area contributed by atoms with Crippen molar-refractivity contribution in [3.63, 3.8) is 0 Å². The molecule has 0 aliphatic carbocycles. The van der Waals surface area contributed by atoms with Gasteiger partial charge < -0.3 is 9.64 Å². The molecule has 0 spiro atoms. The van der Waals surface area contributed by atoms with Crippen LogP contribution in [0.25, 0.3) is 16.6 Å². The molecule has 128 valence electrons. The molecule has 1 fully saturated rings. The lowest BCUT2D eigenvalue weighted by Gasteiger charge is -2.26. The van der Waals surface area contributed by atoms with E-state index in [9.17, 15) is 4.79 Å². The maximum Gasteiger partial charge on any atom is 0.266 e. The topological polar surface area (TPSA) is 60.3 Å². The van der Waals surface area contributed by atoms with Gasteiger partial charge in [0.1, 0.15) is 0 Å². The minimum atomic E-state index is -0.101. The van der Waals surface area contributed by atoms with Gasteiger partial charge in [-0.25, -0.2) is 9.97 Å². The van der Waals surface area contributed by atoms with Gasteiger partial charge in [-0.1, -0.05) is 6.07 Å². The fraction of sp³-hybridized carbons (Fsp3) is 0.316. The molecule has 0 amide bonds. The van der Waals surface area contributed by atoms with Gasteiger partial charge >= 0.3 is 0 Å². The zero-order valence-electron chi connectivity index (χ0n) is 14.4. The number of ether oxygens (including phenoxy) is 1. The fourth-order valence-corrected chi connectivity index (χ4v) is 3.23. The molecule has 3 aromatic rings. The quantitative estimate of drug-likeness (QED) is 0.718. The number of benzene rings is 1. The lowest BCUT2D eigenvalue weighted by atomic mass is 10.1. The second-order valence-electron chi connectivity index (χ2n) is 6.41. The van der Waals surface area contributed by atoms with Gasteiger partial charge in [-0.05, 0) is 43.2 Å². The Morgan fingerprint density at radius 3 is 2.52 bits per heavy atom. The summed E-state index contributed by atoms with van der Waals surface area (Å²) in [5, 5.41) is 0.527. The summed E-state index contributed by atoms with van der Waals surface area (Å²) in [5.74, 6) is 0.652. The average Bonchev–Trinajstić information content (AvgIpc) is 2.61. The molecular weight excluding hydrogens is 316 g/mol. The first-order chi connectivity index (χ1) is 12.1. The molecule has 0 radical (unpaired) electrons. The Bertz CT molecular complexity index is 970. The monoisotopic (exact) mass is 336 g/mol. The molecule has 0 N–H and O–H groups in total. The summed E-state index contributed by atoms with van der Waals surface area (Å²) in [4.78, 5) is 24.0. The number of rotatable bonds is 2. The zero-order chi connectivity index (χ0) is 17.4. The van der Waals surface area contributed by atoms with Crippen LogP contribution in [-0.4, -0.2) is 40.8 Å². The van der Waals surface area contributed by atoms with Gasteiger partial charge in [0.15, 0.2) is 0 Å². The average molecular weight is 336 g/mol. The van der Waals surface area contributed by atoms with Crippen molar-refractivity contribution in [2.24, 2.45) is 0 Å². The highest BCUT2D eigenvalue weighted by Gasteiger charge is 2.15. The van der Waals surface area contributed by atoms with Gasteiger partial charge in [-0.2, -0.15) is 0 Å². The molecule has 25 heavy (non-hydrogen) atoms. The molecule has 1 aromatic carbocycles. The summed E-state index contributed by atoms with van der Waals surface area (Å²) in [5.41, 5.74) is 3.68. The van der Waals surface area contributed by atoms with Crippen LogP contribution in [0.5, 0.6) is 0 Å². The van der Waals surface area contributed by atoms with Crippen molar-refractivity contribution in [1.29, 1.82) is 0 Å². The lowest BCUT2D eigenvalue weighted by Crippen LogP contribution is -2.37. The number of hydrogen-bond acceptors (Lipinski definition) is 5. The van der Waals surface area contributed by atoms with E-state index in [4.69, 9.17) is 4.74 Å². The Hall–Kier alpha value is -2.73. The van der Waals surface area contributed by atoms with E-state index < -0.39 is 0 Å². The molecule has 1 saturated heterocycles. The predicted molar refractivity (Wildman–Crippen MR) is 97.6 cm³/mol. The molecule has 1 aliphatic heterocycles. The maximum absolute atomic E-state index is 12.9. The smallest absolute Gasteiger partial charge is 0.266 e. The van der Waals surface area contributed by atoms with Crippen LogP contribution in [0.1, 0.15) is 11.1 Å². The van der Waals surface area contributed by atoms with Crippen LogP contribution in [0, 0.1) is 13.8 Å². The van der Waals surface area contributed by atoms with Crippen molar-refractivity contribution < 1.29 is 4.74 Å². The molecular formula is C19H20N4O2. The molecule has 6 heteroatoms. The SMILES string of the molecule is Cc1cc(C)cc(-n2ccc3nc(N4CCOCC4)ncc3c2=O)c1. The third-order valence-electron chi connectivity index (χ3n) is 4.41. The summed E-state index contributed by atoms with van der Waals surface area (Å²) in [6.07, 6.45) is 3.42. The van der Waals surface area contributed by atoms with Crippen LogP contribution in [0.3, 0.4) is 0 Å². The number of morpholine rings is 1. The molecule has 6 nitrogen and oxygen atoms in total. The Balaban J connectivity index is 1.79. The standard InChI is InChI=1S/C19H20N4O2/c1-13-9-14(2)11-15(10-13)23-4-3-17-16(18(23)24)12-20-19(21-17)22-5-7-25-8-6-22/h3-4,9-12H,5-8H2,1-2H3. The summed E-state index contributed by atoms with van der Waals surface area (Å²) in [7, 11) is 0. The number of aryl methyl sites for hydroxylation is 2. The van der Waals surface area contributed by atoms with E-state index in [1.54, 1.807) is 17.0 Å². The zero-order valence-corrected chi connectivity index (χ0v) is 14.4. The molecule has 2 aromatic heterocycles. The third-order valence-corrected chi connectivity index (χ3v) is 4.41. The summed E-state index contributed by atoms with van der Waals surface area (Å²) in [6, 6.07) is 7.97. The van der Waals surface area contributed by atoms with Crippen LogP contribution >= 0.6 is 0 Å². The Labute approximate surface area is 145 Å². The second-order valence-corrected chi connectivity index (χ2v) is 6.41. The van der Waals surface area contributed by atoms with Gasteiger partial charge in [0.25, 0.3) is 5.56 Å². The molecule has 1 aliphatic rings. The van der Waals surface area contributed by atoms with Crippen LogP contribution in [0.15, 0.2) is 41.5 Å². The van der Waals surface area contributed by atoms with Crippen molar-refractivity contribution >= 4 is 16.9 Å². The highest BCUT2D eigenvalue weighted by atomic mass is 16.5. The van der Waals surface area contributed by atoms with Crippen molar-refractivity contribution in [2.75, 3.05) is 31.2 Å². The van der Waals surface area contributed by atoms with Gasteiger partial charge in [0, 0.05) is 31.2 Å². The molecule has 0 bridgehead atoms. The van der Waals surface area contributed by atoms with Crippen molar-refractivity contribution in [1.82, 2.24) is 14.5 Å². The molecule has 3 heterocycles. The molecule has 0 saturated carbocycles. The van der Waals surface area contributed by atoms with E-state index in [-0.39, 0.29) is 5.56 Å². The van der Waals surface area contributed by atoms with Crippen molar-refractivity contribution in [3.05, 3.63) is 58.1 Å². The Morgan fingerprint density at radius 1 is 1.08 bits per heavy atom. The van der Waals surface area contributed by atoms with Gasteiger partial charge in [0.05, 0.1) is 24.1 Å². The van der Waals surface area contributed by atoms with Crippen molar-refractivity contribution in [2.45, 2.75) is 13.8 Å². The van der Waals surface area contributed by atoms with E-state index in [1.165, 1.54) is 0 Å². The first-order valence-corrected chi connectivity index (χ1v) is 8.41. The highest BCUT2D eigenvalue weighted by molar-refractivity contribution is 5.78. The minimum absolute atomic E-state index is 0.101. The highest BCUT2D eigenvalue weighted by Crippen LogP contribution is 2.16. The van der Waals surface area contributed by atoms with Crippen molar-refractivity contribution in [3.8, 4) is 5.69 Å². The summed E-state index contributed by atoms with van der Waals surface area (Å²) >= 11 is 0. The third kappa shape index (κ3) is 3.00. The molecule has 0 unspecified atom stereocenters. The largest absolute Gasteiger partial charge is 0.378 e. The molecule has 4 rings (SSSR count). The van der Waals surface area contributed by atoms with E-state index >= 15 is 0 Å². The van der Waals surface area contributed by atoms with Crippen LogP contribution in [-0.2, 0) is 4.74 Å². The van der Waals surface area contributed by atoms with E-state index in [0.717, 1.165) is 29.9 Å². The predicted octanol–water partition coefficient (Wildman–Crippen LogP) is 2.23. The normalized spacial score (nSPS) is 14.9. The Kier molecular flexibility index (Phi) is 3.97. The fourth-order valence-electron chi connectivity index (χ4n) is 3.23. The Morgan fingerprint density at radius 2 is 1.80 bits per heavy atom. The number of hydrogen-bond donors (Lipinski definition) is 0. The van der Waals surface area contributed by atoms with E-state index in [2.05, 4.69) is 20.9 Å². The van der Waals surface area contributed by atoms with Gasteiger partial charge in [-0.3, -0.25) is 9.36 Å². The minimum Gasteiger partial charge on any atom is -0.378 e. The maximum atomic E-state index is 12.9. The molecule has 0 atom stereocenters. The first kappa shape index (κ1) is 15.8. The van der Waals surface area contributed by atoms with E-state index in [0.29, 0.717) is 30.1 Å². The van der Waals surface area contributed by atoms with Crippen LogP contribution < -0.4 is 10.5 Å². The van der Waals surface area contributed by atoms with Crippen LogP contribution in [0.2, 0.25) is 0 Å². The number of aromatic nitrogens is 3. The number of fused-ring (bicyclic) bond motifs is 1. The van der Waals surface area contributed by atoms with Gasteiger partial charge in [-0.15, -0.1) is 0 Å². The number of nitrogens with zero attached hydrogens (tertiary/aromatic N) is 4. The van der Waals surface area contributed by atoms with E-state index in [1.807, 2.05) is 32.0 Å². The first-order valence-electron chi connectivity index (χ1n) is 8.41.